The summed E-state index contributed by atoms with van der Waals surface area (Å²) >= 11 is 0. The quantitative estimate of drug-likeness (QED) is 0.814. The lowest BCUT2D eigenvalue weighted by atomic mass is 9.90. The second-order valence-corrected chi connectivity index (χ2v) is 7.33. The number of nitrogens with zero attached hydrogens (tertiary/aromatic N) is 2. The first-order valence-electron chi connectivity index (χ1n) is 8.78. The van der Waals surface area contributed by atoms with Gasteiger partial charge in [0.15, 0.2) is 6.73 Å². The molecule has 5 nitrogen and oxygen atoms in total. The van der Waals surface area contributed by atoms with Gasteiger partial charge in [0.05, 0.1) is 5.41 Å². The van der Waals surface area contributed by atoms with E-state index in [0.717, 1.165) is 12.2 Å². The summed E-state index contributed by atoms with van der Waals surface area (Å²) in [6, 6.07) is 6.25. The number of carbonyl (C=O) groups is 1. The van der Waals surface area contributed by atoms with Crippen LogP contribution in [0.5, 0.6) is 0 Å². The Morgan fingerprint density at radius 1 is 1.36 bits per heavy atom. The van der Waals surface area contributed by atoms with E-state index in [1.54, 1.807) is 6.20 Å². The molecule has 0 radical (unpaired) electrons. The number of rotatable bonds is 6. The fraction of sp³-hybridized carbons (Fsp3) is 0.500. The fourth-order valence-corrected chi connectivity index (χ4v) is 2.98. The van der Waals surface area contributed by atoms with Crippen molar-refractivity contribution in [3.8, 4) is 0 Å². The summed E-state index contributed by atoms with van der Waals surface area (Å²) in [4.78, 5) is 16.5. The van der Waals surface area contributed by atoms with Crippen LogP contribution in [0.4, 0.5) is 0 Å². The van der Waals surface area contributed by atoms with Crippen LogP contribution in [0.15, 0.2) is 30.6 Å². The van der Waals surface area contributed by atoms with Crippen LogP contribution in [0, 0.1) is 5.41 Å². The molecule has 2 N–H and O–H groups in total. The molecule has 0 bridgehead atoms. The third kappa shape index (κ3) is 4.28. The zero-order valence-corrected chi connectivity index (χ0v) is 15.9. The Morgan fingerprint density at radius 2 is 2.08 bits per heavy atom. The smallest absolute Gasteiger partial charge is 0.312 e. The summed E-state index contributed by atoms with van der Waals surface area (Å²) in [5.41, 5.74) is 9.04. The number of aromatic nitrogens is 2. The average Bonchev–Trinajstić information content (AvgIpc) is 3.05. The van der Waals surface area contributed by atoms with E-state index >= 15 is 0 Å². The van der Waals surface area contributed by atoms with Crippen molar-refractivity contribution in [2.75, 3.05) is 0 Å². The Kier molecular flexibility index (Phi) is 6.01. The largest absolute Gasteiger partial charge is 0.443 e. The standard InChI is InChI=1S/C20H29N3O2/c1-6-16-15(12-21)8-7-9-17(16)14(2)18-22-10-11-23(18)13-25-19(24)20(3,4)5/h7-11,14H,6,12-13,21H2,1-5H3. The minimum atomic E-state index is -0.517. The van der Waals surface area contributed by atoms with Crippen LogP contribution < -0.4 is 5.73 Å². The number of hydrogen-bond acceptors (Lipinski definition) is 4. The van der Waals surface area contributed by atoms with Gasteiger partial charge in [-0.15, -0.1) is 0 Å². The van der Waals surface area contributed by atoms with E-state index in [1.165, 1.54) is 16.7 Å². The van der Waals surface area contributed by atoms with E-state index in [2.05, 4.69) is 31.0 Å². The van der Waals surface area contributed by atoms with Crippen molar-refractivity contribution >= 4 is 5.97 Å². The zero-order valence-electron chi connectivity index (χ0n) is 15.9. The molecule has 0 saturated heterocycles. The third-order valence-electron chi connectivity index (χ3n) is 4.43. The normalized spacial score (nSPS) is 12.9. The summed E-state index contributed by atoms with van der Waals surface area (Å²) < 4.78 is 7.33. The van der Waals surface area contributed by atoms with Crippen molar-refractivity contribution < 1.29 is 9.53 Å². The molecule has 25 heavy (non-hydrogen) atoms. The minimum Gasteiger partial charge on any atom is -0.443 e. The minimum absolute atomic E-state index is 0.0878. The van der Waals surface area contributed by atoms with Crippen LogP contribution in [-0.2, 0) is 29.2 Å². The predicted molar refractivity (Wildman–Crippen MR) is 99.0 cm³/mol. The maximum Gasteiger partial charge on any atom is 0.312 e. The van der Waals surface area contributed by atoms with E-state index in [1.807, 2.05) is 37.6 Å². The molecule has 0 aliphatic carbocycles. The molecule has 0 spiro atoms. The molecule has 2 rings (SSSR count). The van der Waals surface area contributed by atoms with Gasteiger partial charge >= 0.3 is 5.97 Å². The number of hydrogen-bond donors (Lipinski definition) is 1. The molecular formula is C20H29N3O2. The monoisotopic (exact) mass is 343 g/mol. The lowest BCUT2D eigenvalue weighted by molar-refractivity contribution is -0.157. The highest BCUT2D eigenvalue weighted by molar-refractivity contribution is 5.75. The molecule has 136 valence electrons. The van der Waals surface area contributed by atoms with Crippen molar-refractivity contribution in [1.29, 1.82) is 0 Å². The molecule has 1 heterocycles. The van der Waals surface area contributed by atoms with Crippen LogP contribution in [0.2, 0.25) is 0 Å². The average molecular weight is 343 g/mol. The highest BCUT2D eigenvalue weighted by atomic mass is 16.5. The van der Waals surface area contributed by atoms with Crippen LogP contribution in [0.25, 0.3) is 0 Å². The lowest BCUT2D eigenvalue weighted by Gasteiger charge is -2.21. The Labute approximate surface area is 150 Å². The molecule has 0 fully saturated rings. The molecule has 1 aromatic heterocycles. The molecule has 1 aromatic carbocycles. The van der Waals surface area contributed by atoms with Gasteiger partial charge < -0.3 is 15.0 Å². The number of esters is 1. The Bertz CT molecular complexity index is 729. The fourth-order valence-electron chi connectivity index (χ4n) is 2.98. The van der Waals surface area contributed by atoms with Crippen molar-refractivity contribution in [3.05, 3.63) is 53.1 Å². The maximum absolute atomic E-state index is 12.0. The molecule has 1 atom stereocenters. The van der Waals surface area contributed by atoms with E-state index < -0.39 is 5.41 Å². The van der Waals surface area contributed by atoms with Crippen molar-refractivity contribution in [2.24, 2.45) is 11.1 Å². The number of carbonyl (C=O) groups excluding carboxylic acids is 1. The number of imidazole rings is 1. The van der Waals surface area contributed by atoms with Crippen LogP contribution >= 0.6 is 0 Å². The number of ether oxygens (including phenoxy) is 1. The van der Waals surface area contributed by atoms with Crippen molar-refractivity contribution in [3.63, 3.8) is 0 Å². The SMILES string of the molecule is CCc1c(CN)cccc1C(C)c1nccn1COC(=O)C(C)(C)C. The second-order valence-electron chi connectivity index (χ2n) is 7.33. The highest BCUT2D eigenvalue weighted by Gasteiger charge is 2.24. The Hall–Kier alpha value is -2.14. The van der Waals surface area contributed by atoms with Gasteiger partial charge in [0, 0.05) is 24.9 Å². The molecule has 0 aliphatic heterocycles. The van der Waals surface area contributed by atoms with Gasteiger partial charge in [-0.05, 0) is 43.9 Å². The molecule has 5 heteroatoms. The van der Waals surface area contributed by atoms with E-state index in [0.29, 0.717) is 6.54 Å². The van der Waals surface area contributed by atoms with Crippen molar-refractivity contribution in [1.82, 2.24) is 9.55 Å². The molecule has 0 aliphatic rings. The first kappa shape index (κ1) is 19.2. The van der Waals surface area contributed by atoms with Gasteiger partial charge in [0.25, 0.3) is 0 Å². The van der Waals surface area contributed by atoms with Gasteiger partial charge in [-0.3, -0.25) is 4.79 Å². The molecular weight excluding hydrogens is 314 g/mol. The molecule has 0 amide bonds. The van der Waals surface area contributed by atoms with E-state index in [-0.39, 0.29) is 18.6 Å². The first-order chi connectivity index (χ1) is 11.8. The molecule has 2 aromatic rings. The van der Waals surface area contributed by atoms with Crippen LogP contribution in [-0.4, -0.2) is 15.5 Å². The van der Waals surface area contributed by atoms with Gasteiger partial charge in [0.2, 0.25) is 0 Å². The summed E-state index contributed by atoms with van der Waals surface area (Å²) in [6.45, 7) is 10.5. The summed E-state index contributed by atoms with van der Waals surface area (Å²) in [6.07, 6.45) is 4.52. The van der Waals surface area contributed by atoms with Gasteiger partial charge in [0.1, 0.15) is 5.82 Å². The van der Waals surface area contributed by atoms with Gasteiger partial charge in [-0.1, -0.05) is 32.0 Å². The molecule has 1 unspecified atom stereocenters. The number of benzene rings is 1. The van der Waals surface area contributed by atoms with Gasteiger partial charge in [-0.2, -0.15) is 0 Å². The van der Waals surface area contributed by atoms with E-state index in [4.69, 9.17) is 10.5 Å². The van der Waals surface area contributed by atoms with E-state index in [9.17, 15) is 4.79 Å². The van der Waals surface area contributed by atoms with Crippen LogP contribution in [0.1, 0.15) is 63.1 Å². The topological polar surface area (TPSA) is 70.1 Å². The maximum atomic E-state index is 12.0. The summed E-state index contributed by atoms with van der Waals surface area (Å²) in [5.74, 6) is 0.745. The summed E-state index contributed by atoms with van der Waals surface area (Å²) in [5, 5.41) is 0. The first-order valence-corrected chi connectivity index (χ1v) is 8.78. The van der Waals surface area contributed by atoms with Crippen LogP contribution in [0.3, 0.4) is 0 Å². The second kappa shape index (κ2) is 7.83. The zero-order chi connectivity index (χ0) is 18.6. The highest BCUT2D eigenvalue weighted by Crippen LogP contribution is 2.28. The third-order valence-corrected chi connectivity index (χ3v) is 4.43. The Morgan fingerprint density at radius 3 is 2.68 bits per heavy atom. The predicted octanol–water partition coefficient (Wildman–Crippen LogP) is 3.60. The molecule has 0 saturated carbocycles. The van der Waals surface area contributed by atoms with Gasteiger partial charge in [-0.25, -0.2) is 4.98 Å². The Balaban J connectivity index is 2.26. The number of nitrogens with two attached hydrogens (primary N) is 1. The lowest BCUT2D eigenvalue weighted by Crippen LogP contribution is -2.24. The van der Waals surface area contributed by atoms with Crippen molar-refractivity contribution in [2.45, 2.75) is 60.2 Å². The summed E-state index contributed by atoms with van der Waals surface area (Å²) in [7, 11) is 0.